The smallest absolute Gasteiger partial charge is 0.411 e. The number of nitrogens with zero attached hydrogens (tertiary/aromatic N) is 3. The Morgan fingerprint density at radius 2 is 1.68 bits per heavy atom. The van der Waals surface area contributed by atoms with Crippen molar-refractivity contribution in [3.63, 3.8) is 0 Å². The van der Waals surface area contributed by atoms with E-state index in [1.54, 1.807) is 30.6 Å². The average Bonchev–Trinajstić information content (AvgIpc) is 2.81. The van der Waals surface area contributed by atoms with E-state index in [-0.39, 0.29) is 18.1 Å². The Balaban J connectivity index is 2.31. The van der Waals surface area contributed by atoms with Crippen molar-refractivity contribution in [2.45, 2.75) is 64.8 Å². The summed E-state index contributed by atoms with van der Waals surface area (Å²) < 4.78 is 10.4. The van der Waals surface area contributed by atoms with Crippen molar-refractivity contribution in [2.24, 2.45) is 0 Å². The minimum Gasteiger partial charge on any atom is -0.467 e. The molecular formula is C17H29N3O5. The zero-order valence-electron chi connectivity index (χ0n) is 16.2. The topological polar surface area (TPSA) is 79.4 Å². The van der Waals surface area contributed by atoms with Crippen LogP contribution in [0.1, 0.15) is 41.5 Å². The number of hydrogen-bond acceptors (Lipinski definition) is 5. The monoisotopic (exact) mass is 355 g/mol. The fourth-order valence-electron chi connectivity index (χ4n) is 3.25. The Morgan fingerprint density at radius 3 is 2.16 bits per heavy atom. The normalized spacial score (nSPS) is 24.3. The van der Waals surface area contributed by atoms with Gasteiger partial charge in [-0.15, -0.1) is 0 Å². The van der Waals surface area contributed by atoms with Gasteiger partial charge in [0.15, 0.2) is 6.04 Å². The van der Waals surface area contributed by atoms with Crippen LogP contribution in [0.3, 0.4) is 0 Å². The maximum absolute atomic E-state index is 12.7. The second-order valence-corrected chi connectivity index (χ2v) is 8.47. The van der Waals surface area contributed by atoms with Crippen LogP contribution in [0.15, 0.2) is 0 Å². The van der Waals surface area contributed by atoms with Gasteiger partial charge in [-0.05, 0) is 41.5 Å². The van der Waals surface area contributed by atoms with Gasteiger partial charge >= 0.3 is 18.1 Å². The molecule has 2 atom stereocenters. The van der Waals surface area contributed by atoms with Crippen LogP contribution in [0.4, 0.5) is 9.59 Å². The van der Waals surface area contributed by atoms with Gasteiger partial charge in [0.05, 0.1) is 13.2 Å². The summed E-state index contributed by atoms with van der Waals surface area (Å²) in [4.78, 5) is 42.5. The minimum absolute atomic E-state index is 0.116. The highest BCUT2D eigenvalue weighted by Crippen LogP contribution is 2.31. The lowest BCUT2D eigenvalue weighted by Gasteiger charge is -2.42. The molecular weight excluding hydrogens is 326 g/mol. The van der Waals surface area contributed by atoms with Gasteiger partial charge in [0.25, 0.3) is 0 Å². The highest BCUT2D eigenvalue weighted by atomic mass is 16.6. The van der Waals surface area contributed by atoms with Crippen molar-refractivity contribution in [1.29, 1.82) is 0 Å². The molecule has 142 valence electrons. The predicted octanol–water partition coefficient (Wildman–Crippen LogP) is 1.68. The van der Waals surface area contributed by atoms with E-state index in [0.717, 1.165) is 0 Å². The van der Waals surface area contributed by atoms with Gasteiger partial charge in [0, 0.05) is 25.2 Å². The number of methoxy groups -OCH3 is 1. The number of amides is 3. The number of fused-ring (bicyclic) bond motifs is 1. The third-order valence-electron chi connectivity index (χ3n) is 4.41. The van der Waals surface area contributed by atoms with E-state index in [1.807, 2.05) is 20.8 Å². The molecule has 3 amide bonds. The molecule has 0 aromatic carbocycles. The molecule has 0 radical (unpaired) electrons. The maximum Gasteiger partial charge on any atom is 0.411 e. The van der Waals surface area contributed by atoms with Gasteiger partial charge in [-0.25, -0.2) is 14.4 Å². The number of ether oxygens (including phenoxy) is 2. The Kier molecular flexibility index (Phi) is 4.94. The summed E-state index contributed by atoms with van der Waals surface area (Å²) in [7, 11) is 1.28. The van der Waals surface area contributed by atoms with Gasteiger partial charge in [-0.1, -0.05) is 0 Å². The van der Waals surface area contributed by atoms with E-state index < -0.39 is 29.7 Å². The van der Waals surface area contributed by atoms with Gasteiger partial charge < -0.3 is 19.3 Å². The number of hydrogen-bond donors (Lipinski definition) is 0. The average molecular weight is 355 g/mol. The van der Waals surface area contributed by atoms with Gasteiger partial charge in [-0.2, -0.15) is 0 Å². The van der Waals surface area contributed by atoms with Crippen LogP contribution in [-0.4, -0.2) is 82.8 Å². The lowest BCUT2D eigenvalue weighted by atomic mass is 10.0. The molecule has 2 saturated heterocycles. The van der Waals surface area contributed by atoms with E-state index in [1.165, 1.54) is 12.0 Å². The molecule has 2 rings (SSSR count). The number of carbonyl (C=O) groups is 3. The van der Waals surface area contributed by atoms with Crippen LogP contribution >= 0.6 is 0 Å². The molecule has 2 aliphatic rings. The van der Waals surface area contributed by atoms with Gasteiger partial charge in [0.2, 0.25) is 0 Å². The van der Waals surface area contributed by atoms with E-state index in [4.69, 9.17) is 9.47 Å². The molecule has 0 aromatic heterocycles. The van der Waals surface area contributed by atoms with Crippen LogP contribution in [0, 0.1) is 0 Å². The molecule has 8 nitrogen and oxygen atoms in total. The second kappa shape index (κ2) is 6.38. The Bertz CT molecular complexity index is 564. The van der Waals surface area contributed by atoms with E-state index in [2.05, 4.69) is 0 Å². The summed E-state index contributed by atoms with van der Waals surface area (Å²) in [5, 5.41) is 0. The molecule has 0 saturated carbocycles. The third kappa shape index (κ3) is 3.82. The van der Waals surface area contributed by atoms with Crippen LogP contribution in [0.2, 0.25) is 0 Å². The predicted molar refractivity (Wildman–Crippen MR) is 91.1 cm³/mol. The summed E-state index contributed by atoms with van der Waals surface area (Å²) in [5.41, 5.74) is -1.04. The zero-order chi connectivity index (χ0) is 19.2. The van der Waals surface area contributed by atoms with Crippen LogP contribution in [0.5, 0.6) is 0 Å². The number of carbonyl (C=O) groups excluding carboxylic acids is 3. The van der Waals surface area contributed by atoms with Crippen molar-refractivity contribution in [1.82, 2.24) is 14.7 Å². The lowest BCUT2D eigenvalue weighted by Crippen LogP contribution is -2.63. The molecule has 8 heteroatoms. The quantitative estimate of drug-likeness (QED) is 0.669. The Hall–Kier alpha value is -1.99. The van der Waals surface area contributed by atoms with E-state index in [0.29, 0.717) is 13.1 Å². The van der Waals surface area contributed by atoms with Crippen LogP contribution < -0.4 is 0 Å². The molecule has 2 aliphatic heterocycles. The number of rotatable bonds is 1. The third-order valence-corrected chi connectivity index (χ3v) is 4.41. The first-order valence-corrected chi connectivity index (χ1v) is 8.52. The van der Waals surface area contributed by atoms with Crippen molar-refractivity contribution in [3.05, 3.63) is 0 Å². The molecule has 2 heterocycles. The van der Waals surface area contributed by atoms with E-state index in [9.17, 15) is 14.4 Å². The number of piperazine rings is 1. The maximum atomic E-state index is 12.7. The lowest BCUT2D eigenvalue weighted by molar-refractivity contribution is -0.150. The highest BCUT2D eigenvalue weighted by Gasteiger charge is 2.53. The van der Waals surface area contributed by atoms with E-state index >= 15 is 0 Å². The summed E-state index contributed by atoms with van der Waals surface area (Å²) >= 11 is 0. The molecule has 25 heavy (non-hydrogen) atoms. The molecule has 0 bridgehead atoms. The second-order valence-electron chi connectivity index (χ2n) is 8.47. The Morgan fingerprint density at radius 1 is 1.08 bits per heavy atom. The molecule has 0 aliphatic carbocycles. The molecule has 1 unspecified atom stereocenters. The first-order valence-electron chi connectivity index (χ1n) is 8.52. The number of urea groups is 1. The van der Waals surface area contributed by atoms with Crippen molar-refractivity contribution in [3.8, 4) is 0 Å². The first-order chi connectivity index (χ1) is 11.4. The summed E-state index contributed by atoms with van der Waals surface area (Å²) in [6.07, 6.45) is -0.566. The zero-order valence-corrected chi connectivity index (χ0v) is 16.2. The van der Waals surface area contributed by atoms with Crippen molar-refractivity contribution in [2.75, 3.05) is 26.7 Å². The fraction of sp³-hybridized carbons (Fsp3) is 0.824. The SMILES string of the molecule is COC(=O)C1[C@H]2CN(C(C)(C)C)C(=O)N2CCN1C(=O)OC(C)(C)C. The van der Waals surface area contributed by atoms with Crippen molar-refractivity contribution < 1.29 is 23.9 Å². The molecule has 2 fully saturated rings. The molecule has 0 aromatic rings. The van der Waals surface area contributed by atoms with Gasteiger partial charge in [0.1, 0.15) is 5.60 Å². The summed E-state index contributed by atoms with van der Waals surface area (Å²) in [5.74, 6) is -0.538. The Labute approximate surface area is 149 Å². The minimum atomic E-state index is -0.870. The summed E-state index contributed by atoms with van der Waals surface area (Å²) in [6.45, 7) is 12.1. The fourth-order valence-corrected chi connectivity index (χ4v) is 3.25. The largest absolute Gasteiger partial charge is 0.467 e. The van der Waals surface area contributed by atoms with Crippen LogP contribution in [0.25, 0.3) is 0 Å². The van der Waals surface area contributed by atoms with Gasteiger partial charge in [-0.3, -0.25) is 4.90 Å². The summed E-state index contributed by atoms with van der Waals surface area (Å²) in [6, 6.07) is -1.43. The highest BCUT2D eigenvalue weighted by molar-refractivity contribution is 5.86. The molecule has 0 spiro atoms. The first kappa shape index (κ1) is 19.3. The standard InChI is InChI=1S/C17H29N3O5/c1-16(2,3)20-10-11-12(13(21)24-7)19(9-8-18(11)14(20)22)15(23)25-17(4,5)6/h11-12H,8-10H2,1-7H3/t11-,12?/m1/s1. The van der Waals surface area contributed by atoms with Crippen molar-refractivity contribution >= 4 is 18.1 Å². The van der Waals surface area contributed by atoms with Crippen LogP contribution in [-0.2, 0) is 14.3 Å². The number of esters is 1. The molecule has 0 N–H and O–H groups in total.